The first-order chi connectivity index (χ1) is 2.91. The topological polar surface area (TPSA) is 19.9 Å². The molecule has 0 aliphatic carbocycles. The quantitative estimate of drug-likeness (QED) is 0.497. The highest BCUT2D eigenvalue weighted by molar-refractivity contribution is 9.12. The molecule has 0 aliphatic rings. The van der Waals surface area contributed by atoms with E-state index in [0.29, 0.717) is 6.42 Å². The van der Waals surface area contributed by atoms with Gasteiger partial charge in [0.05, 0.1) is 6.61 Å². The van der Waals surface area contributed by atoms with Gasteiger partial charge in [-0.2, -0.15) is 0 Å². The molecule has 0 saturated carbocycles. The molecule has 0 heterocycles. The van der Waals surface area contributed by atoms with Gasteiger partial charge in [0.1, 0.15) is 0 Å². The van der Waals surface area contributed by atoms with Crippen LogP contribution in [0.15, 0.2) is 0 Å². The average molecular weight is 148 g/mol. The molecule has 0 unspecified atom stereocenters. The summed E-state index contributed by atoms with van der Waals surface area (Å²) in [5.41, 5.74) is 0. The van der Waals surface area contributed by atoms with Crippen LogP contribution in [0.1, 0.15) is 6.42 Å². The highest BCUT2D eigenvalue weighted by Crippen LogP contribution is 1.73. The first kappa shape index (κ1) is 6.00. The van der Waals surface area contributed by atoms with E-state index in [-0.39, 0.29) is 6.61 Å². The van der Waals surface area contributed by atoms with E-state index in [4.69, 9.17) is 0 Å². The predicted molar refractivity (Wildman–Crippen MR) is 26.9 cm³/mol. The number of hydrogen-bond donors (Lipinski definition) is 0. The van der Waals surface area contributed by atoms with Gasteiger partial charge >= 0.3 is 0 Å². The molecule has 6 heavy (non-hydrogen) atoms. The maximum atomic E-state index is 9.57. The van der Waals surface area contributed by atoms with E-state index < -0.39 is 0 Å². The SMILES string of the molecule is [O]CCC#CBr. The van der Waals surface area contributed by atoms with Gasteiger partial charge in [-0.05, 0) is 4.83 Å². The third kappa shape index (κ3) is 4.00. The second-order valence-corrected chi connectivity index (χ2v) is 1.12. The molecule has 0 bridgehead atoms. The van der Waals surface area contributed by atoms with Gasteiger partial charge in [0.15, 0.2) is 0 Å². The van der Waals surface area contributed by atoms with Crippen molar-refractivity contribution in [2.75, 3.05) is 6.61 Å². The Hall–Kier alpha value is 0. The molecule has 0 spiro atoms. The van der Waals surface area contributed by atoms with Crippen LogP contribution in [-0.2, 0) is 5.11 Å². The summed E-state index contributed by atoms with van der Waals surface area (Å²) >= 11 is 2.85. The molecule has 0 fully saturated rings. The van der Waals surface area contributed by atoms with Gasteiger partial charge in [0, 0.05) is 22.4 Å². The largest absolute Gasteiger partial charge is 0.236 e. The van der Waals surface area contributed by atoms with Gasteiger partial charge in [-0.25, -0.2) is 5.11 Å². The standard InChI is InChI=1S/C4H4BrO/c5-3-1-2-4-6/h2,4H2. The van der Waals surface area contributed by atoms with Crippen LogP contribution in [0.2, 0.25) is 0 Å². The Bertz CT molecular complexity index is 69.4. The zero-order chi connectivity index (χ0) is 4.83. The Morgan fingerprint density at radius 2 is 2.33 bits per heavy atom. The summed E-state index contributed by atoms with van der Waals surface area (Å²) in [6, 6.07) is 0. The minimum atomic E-state index is -0.0986. The number of hydrogen-bond acceptors (Lipinski definition) is 0. The maximum Gasteiger partial charge on any atom is 0.0931 e. The molecular formula is C4H4BrO. The average Bonchev–Trinajstić information content (AvgIpc) is 1.61. The highest BCUT2D eigenvalue weighted by atomic mass is 79.9. The summed E-state index contributed by atoms with van der Waals surface area (Å²) in [7, 11) is 0. The van der Waals surface area contributed by atoms with Crippen LogP contribution >= 0.6 is 15.9 Å². The van der Waals surface area contributed by atoms with Gasteiger partial charge in [0.25, 0.3) is 0 Å². The van der Waals surface area contributed by atoms with Crippen molar-refractivity contribution in [2.45, 2.75) is 6.42 Å². The number of halogens is 1. The van der Waals surface area contributed by atoms with E-state index in [1.54, 1.807) is 0 Å². The molecular weight excluding hydrogens is 144 g/mol. The van der Waals surface area contributed by atoms with Crippen LogP contribution in [0.4, 0.5) is 0 Å². The second kappa shape index (κ2) is 5.00. The van der Waals surface area contributed by atoms with Crippen LogP contribution < -0.4 is 0 Å². The van der Waals surface area contributed by atoms with Crippen molar-refractivity contribution in [3.63, 3.8) is 0 Å². The van der Waals surface area contributed by atoms with E-state index in [0.717, 1.165) is 0 Å². The van der Waals surface area contributed by atoms with E-state index in [1.165, 1.54) is 0 Å². The summed E-state index contributed by atoms with van der Waals surface area (Å²) in [5.74, 6) is 2.55. The number of rotatable bonds is 1. The lowest BCUT2D eigenvalue weighted by atomic mass is 10.5. The molecule has 2 heteroatoms. The minimum Gasteiger partial charge on any atom is -0.236 e. The third-order valence-corrected chi connectivity index (χ3v) is 0.574. The van der Waals surface area contributed by atoms with Gasteiger partial charge in [0.2, 0.25) is 0 Å². The Morgan fingerprint density at radius 1 is 1.67 bits per heavy atom. The van der Waals surface area contributed by atoms with Crippen molar-refractivity contribution in [3.05, 3.63) is 0 Å². The van der Waals surface area contributed by atoms with E-state index >= 15 is 0 Å². The van der Waals surface area contributed by atoms with Crippen molar-refractivity contribution < 1.29 is 5.11 Å². The van der Waals surface area contributed by atoms with Gasteiger partial charge in [-0.3, -0.25) is 0 Å². The fraction of sp³-hybridized carbons (Fsp3) is 0.500. The first-order valence-corrected chi connectivity index (χ1v) is 2.37. The predicted octanol–water partition coefficient (Wildman–Crippen LogP) is 1.16. The third-order valence-electron chi connectivity index (χ3n) is 0.294. The lowest BCUT2D eigenvalue weighted by Gasteiger charge is -1.68. The first-order valence-electron chi connectivity index (χ1n) is 1.58. The van der Waals surface area contributed by atoms with E-state index in [1.807, 2.05) is 0 Å². The van der Waals surface area contributed by atoms with Crippen LogP contribution in [0.5, 0.6) is 0 Å². The second-order valence-electron chi connectivity index (χ2n) is 0.725. The lowest BCUT2D eigenvalue weighted by Crippen LogP contribution is -1.70. The highest BCUT2D eigenvalue weighted by Gasteiger charge is 1.67. The Morgan fingerprint density at radius 3 is 2.50 bits per heavy atom. The Labute approximate surface area is 45.5 Å². The Balaban J connectivity index is 2.79. The summed E-state index contributed by atoms with van der Waals surface area (Å²) in [6.07, 6.45) is 0.450. The van der Waals surface area contributed by atoms with Gasteiger partial charge in [-0.1, -0.05) is 5.92 Å². The minimum absolute atomic E-state index is 0.0986. The van der Waals surface area contributed by atoms with Crippen LogP contribution in [0.3, 0.4) is 0 Å². The molecule has 0 N–H and O–H groups in total. The molecule has 1 nitrogen and oxygen atoms in total. The van der Waals surface area contributed by atoms with E-state index in [9.17, 15) is 5.11 Å². The zero-order valence-corrected chi connectivity index (χ0v) is 4.79. The molecule has 0 rings (SSSR count). The van der Waals surface area contributed by atoms with Crippen molar-refractivity contribution in [3.8, 4) is 10.8 Å². The molecule has 0 aromatic carbocycles. The fourth-order valence-corrected chi connectivity index (χ4v) is 0.297. The maximum absolute atomic E-state index is 9.57. The molecule has 0 aliphatic heterocycles. The van der Waals surface area contributed by atoms with Crippen molar-refractivity contribution in [2.24, 2.45) is 0 Å². The molecule has 33 valence electrons. The van der Waals surface area contributed by atoms with Crippen LogP contribution in [0.25, 0.3) is 0 Å². The molecule has 1 radical (unpaired) electrons. The fourth-order valence-electron chi connectivity index (χ4n) is 0.0983. The molecule has 0 aromatic heterocycles. The lowest BCUT2D eigenvalue weighted by molar-refractivity contribution is 0.201. The summed E-state index contributed by atoms with van der Waals surface area (Å²) in [5, 5.41) is 9.57. The van der Waals surface area contributed by atoms with E-state index in [2.05, 4.69) is 26.7 Å². The zero-order valence-electron chi connectivity index (χ0n) is 3.20. The van der Waals surface area contributed by atoms with Crippen LogP contribution in [0, 0.1) is 10.8 Å². The van der Waals surface area contributed by atoms with Gasteiger partial charge in [-0.15, -0.1) is 0 Å². The summed E-state index contributed by atoms with van der Waals surface area (Å²) in [6.45, 7) is -0.0986. The summed E-state index contributed by atoms with van der Waals surface area (Å²) in [4.78, 5) is 2.43. The molecule has 0 amide bonds. The monoisotopic (exact) mass is 147 g/mol. The smallest absolute Gasteiger partial charge is 0.0931 e. The van der Waals surface area contributed by atoms with Crippen molar-refractivity contribution >= 4 is 15.9 Å². The Kier molecular flexibility index (Phi) is 5.00. The van der Waals surface area contributed by atoms with Crippen molar-refractivity contribution in [1.82, 2.24) is 0 Å². The van der Waals surface area contributed by atoms with Gasteiger partial charge < -0.3 is 0 Å². The van der Waals surface area contributed by atoms with Crippen LogP contribution in [-0.4, -0.2) is 6.61 Å². The molecule has 0 atom stereocenters. The van der Waals surface area contributed by atoms with Crippen molar-refractivity contribution in [1.29, 1.82) is 0 Å². The molecule has 0 aromatic rings. The normalized spacial score (nSPS) is 6.33. The molecule has 0 saturated heterocycles. The summed E-state index contributed by atoms with van der Waals surface area (Å²) < 4.78 is 0.